The van der Waals surface area contributed by atoms with Crippen LogP contribution in [0.1, 0.15) is 33.3 Å². The first-order valence-corrected chi connectivity index (χ1v) is 5.77. The maximum absolute atomic E-state index is 5.75. The van der Waals surface area contributed by atoms with Crippen molar-refractivity contribution < 1.29 is 9.47 Å². The Morgan fingerprint density at radius 3 is 2.31 bits per heavy atom. The third-order valence-electron chi connectivity index (χ3n) is 2.02. The lowest BCUT2D eigenvalue weighted by Gasteiger charge is -2.24. The summed E-state index contributed by atoms with van der Waals surface area (Å²) in [6.07, 6.45) is 0.128. The van der Waals surface area contributed by atoms with E-state index in [2.05, 4.69) is 32.9 Å². The summed E-state index contributed by atoms with van der Waals surface area (Å²) in [7, 11) is 0. The van der Waals surface area contributed by atoms with Crippen LogP contribution in [0, 0.1) is 0 Å². The van der Waals surface area contributed by atoms with Crippen LogP contribution in [0.25, 0.3) is 0 Å². The Hall–Kier alpha value is -0.860. The summed E-state index contributed by atoms with van der Waals surface area (Å²) in [5.74, 6) is 0. The quantitative estimate of drug-likeness (QED) is 0.760. The molecule has 16 heavy (non-hydrogen) atoms. The molecular weight excluding hydrogens is 200 g/mol. The second-order valence-electron chi connectivity index (χ2n) is 5.04. The number of ether oxygens (including phenoxy) is 2. The summed E-state index contributed by atoms with van der Waals surface area (Å²) in [6, 6.07) is 10.2. The van der Waals surface area contributed by atoms with Gasteiger partial charge in [-0.3, -0.25) is 0 Å². The molecule has 0 radical (unpaired) electrons. The van der Waals surface area contributed by atoms with Crippen LogP contribution in [-0.4, -0.2) is 18.3 Å². The van der Waals surface area contributed by atoms with Crippen LogP contribution in [0.15, 0.2) is 30.3 Å². The van der Waals surface area contributed by atoms with Crippen molar-refractivity contribution >= 4 is 0 Å². The molecule has 1 atom stereocenters. The van der Waals surface area contributed by atoms with E-state index < -0.39 is 0 Å². The predicted molar refractivity (Wildman–Crippen MR) is 66.4 cm³/mol. The monoisotopic (exact) mass is 222 g/mol. The van der Waals surface area contributed by atoms with Crippen LogP contribution in [0.3, 0.4) is 0 Å². The van der Waals surface area contributed by atoms with Gasteiger partial charge in [-0.05, 0) is 33.3 Å². The van der Waals surface area contributed by atoms with Crippen LogP contribution < -0.4 is 0 Å². The van der Waals surface area contributed by atoms with Crippen LogP contribution in [0.2, 0.25) is 0 Å². The van der Waals surface area contributed by atoms with Crippen molar-refractivity contribution in [3.05, 3.63) is 35.9 Å². The van der Waals surface area contributed by atoms with Crippen molar-refractivity contribution in [2.75, 3.05) is 6.61 Å². The van der Waals surface area contributed by atoms with Crippen molar-refractivity contribution in [3.8, 4) is 0 Å². The fourth-order valence-electron chi connectivity index (χ4n) is 1.55. The summed E-state index contributed by atoms with van der Waals surface area (Å²) in [6.45, 7) is 9.49. The molecule has 0 amide bonds. The molecule has 1 unspecified atom stereocenters. The van der Waals surface area contributed by atoms with Crippen molar-refractivity contribution in [1.29, 1.82) is 0 Å². The number of hydrogen-bond acceptors (Lipinski definition) is 2. The van der Waals surface area contributed by atoms with E-state index in [-0.39, 0.29) is 11.7 Å². The first-order valence-electron chi connectivity index (χ1n) is 5.77. The van der Waals surface area contributed by atoms with Crippen molar-refractivity contribution in [3.63, 3.8) is 0 Å². The Morgan fingerprint density at radius 1 is 1.12 bits per heavy atom. The van der Waals surface area contributed by atoms with Gasteiger partial charge in [0.2, 0.25) is 0 Å². The average molecular weight is 222 g/mol. The van der Waals surface area contributed by atoms with Crippen molar-refractivity contribution in [1.82, 2.24) is 0 Å². The number of rotatable bonds is 5. The molecule has 0 saturated heterocycles. The minimum Gasteiger partial charge on any atom is -0.374 e. The summed E-state index contributed by atoms with van der Waals surface area (Å²) < 4.78 is 11.4. The second kappa shape index (κ2) is 6.02. The zero-order valence-corrected chi connectivity index (χ0v) is 10.7. The molecule has 1 aromatic rings. The standard InChI is InChI=1S/C14H22O2/c1-12(16-14(2,3)4)10-15-11-13-8-6-5-7-9-13/h5-9,12H,10-11H2,1-4H3. The van der Waals surface area contributed by atoms with Gasteiger partial charge in [0.25, 0.3) is 0 Å². The molecule has 0 fully saturated rings. The van der Waals surface area contributed by atoms with Gasteiger partial charge in [0.05, 0.1) is 24.9 Å². The van der Waals surface area contributed by atoms with Crippen LogP contribution in [0.5, 0.6) is 0 Å². The minimum absolute atomic E-state index is 0.102. The molecule has 0 saturated carbocycles. The molecule has 0 aromatic heterocycles. The van der Waals surface area contributed by atoms with Crippen LogP contribution in [0.4, 0.5) is 0 Å². The van der Waals surface area contributed by atoms with E-state index in [4.69, 9.17) is 9.47 Å². The van der Waals surface area contributed by atoms with E-state index in [1.165, 1.54) is 5.56 Å². The van der Waals surface area contributed by atoms with Crippen LogP contribution in [-0.2, 0) is 16.1 Å². The Kier molecular flexibility index (Phi) is 4.97. The highest BCUT2D eigenvalue weighted by molar-refractivity contribution is 5.13. The average Bonchev–Trinajstić information content (AvgIpc) is 2.16. The highest BCUT2D eigenvalue weighted by Crippen LogP contribution is 2.11. The van der Waals surface area contributed by atoms with Gasteiger partial charge in [-0.2, -0.15) is 0 Å². The number of benzene rings is 1. The highest BCUT2D eigenvalue weighted by atomic mass is 16.5. The summed E-state index contributed by atoms with van der Waals surface area (Å²) in [4.78, 5) is 0. The molecule has 0 spiro atoms. The molecule has 1 rings (SSSR count). The van der Waals surface area contributed by atoms with Crippen molar-refractivity contribution in [2.45, 2.75) is 46.0 Å². The molecule has 2 heteroatoms. The van der Waals surface area contributed by atoms with Gasteiger partial charge in [0.1, 0.15) is 0 Å². The zero-order chi connectivity index (χ0) is 12.0. The summed E-state index contributed by atoms with van der Waals surface area (Å²) >= 11 is 0. The van der Waals surface area contributed by atoms with E-state index >= 15 is 0 Å². The second-order valence-corrected chi connectivity index (χ2v) is 5.04. The maximum Gasteiger partial charge on any atom is 0.0787 e. The van der Waals surface area contributed by atoms with Crippen molar-refractivity contribution in [2.24, 2.45) is 0 Å². The van der Waals surface area contributed by atoms with Gasteiger partial charge in [-0.1, -0.05) is 30.3 Å². The summed E-state index contributed by atoms with van der Waals surface area (Å²) in [5, 5.41) is 0. The largest absolute Gasteiger partial charge is 0.374 e. The fraction of sp³-hybridized carbons (Fsp3) is 0.571. The Labute approximate surface area is 98.6 Å². The Morgan fingerprint density at radius 2 is 1.75 bits per heavy atom. The van der Waals surface area contributed by atoms with E-state index in [0.717, 1.165) is 0 Å². The maximum atomic E-state index is 5.75. The van der Waals surface area contributed by atoms with Gasteiger partial charge < -0.3 is 9.47 Å². The van der Waals surface area contributed by atoms with Gasteiger partial charge in [-0.25, -0.2) is 0 Å². The molecule has 0 aliphatic carbocycles. The Bertz CT molecular complexity index is 287. The first-order chi connectivity index (χ1) is 7.47. The van der Waals surface area contributed by atoms with Crippen LogP contribution >= 0.6 is 0 Å². The third-order valence-corrected chi connectivity index (χ3v) is 2.02. The molecule has 0 aliphatic heterocycles. The highest BCUT2D eigenvalue weighted by Gasteiger charge is 2.14. The van der Waals surface area contributed by atoms with E-state index in [9.17, 15) is 0 Å². The third kappa shape index (κ3) is 5.89. The minimum atomic E-state index is -0.102. The van der Waals surface area contributed by atoms with Gasteiger partial charge in [0.15, 0.2) is 0 Å². The van der Waals surface area contributed by atoms with Gasteiger partial charge in [-0.15, -0.1) is 0 Å². The lowest BCUT2D eigenvalue weighted by atomic mass is 10.2. The number of hydrogen-bond donors (Lipinski definition) is 0. The first kappa shape index (κ1) is 13.2. The SMILES string of the molecule is CC(COCc1ccccc1)OC(C)(C)C. The molecule has 0 aliphatic rings. The van der Waals surface area contributed by atoms with E-state index in [1.54, 1.807) is 0 Å². The molecule has 90 valence electrons. The van der Waals surface area contributed by atoms with E-state index in [1.807, 2.05) is 25.1 Å². The van der Waals surface area contributed by atoms with Gasteiger partial charge >= 0.3 is 0 Å². The molecule has 0 bridgehead atoms. The van der Waals surface area contributed by atoms with Gasteiger partial charge in [0, 0.05) is 0 Å². The normalized spacial score (nSPS) is 13.8. The van der Waals surface area contributed by atoms with E-state index in [0.29, 0.717) is 13.2 Å². The lowest BCUT2D eigenvalue weighted by Crippen LogP contribution is -2.28. The summed E-state index contributed by atoms with van der Waals surface area (Å²) in [5.41, 5.74) is 1.10. The smallest absolute Gasteiger partial charge is 0.0787 e. The topological polar surface area (TPSA) is 18.5 Å². The predicted octanol–water partition coefficient (Wildman–Crippen LogP) is 3.41. The lowest BCUT2D eigenvalue weighted by molar-refractivity contribution is -0.0864. The zero-order valence-electron chi connectivity index (χ0n) is 10.7. The molecular formula is C14H22O2. The molecule has 0 N–H and O–H groups in total. The molecule has 2 nitrogen and oxygen atoms in total. The Balaban J connectivity index is 2.21. The molecule has 1 aromatic carbocycles. The fourth-order valence-corrected chi connectivity index (χ4v) is 1.55. The molecule has 0 heterocycles.